The number of rotatable bonds is 4. The topological polar surface area (TPSA) is 39.6 Å². The van der Waals surface area contributed by atoms with Gasteiger partial charge in [0.25, 0.3) is 0 Å². The summed E-state index contributed by atoms with van der Waals surface area (Å²) >= 11 is 0. The molecule has 1 N–H and O–H groups in total. The maximum absolute atomic E-state index is 7.42. The van der Waals surface area contributed by atoms with E-state index >= 15 is 0 Å². The second-order valence-electron chi connectivity index (χ2n) is 3.81. The molecule has 82 valence electrons. The summed E-state index contributed by atoms with van der Waals surface area (Å²) in [6, 6.07) is 0. The van der Waals surface area contributed by atoms with E-state index in [0.29, 0.717) is 5.84 Å². The van der Waals surface area contributed by atoms with Crippen LogP contribution in [0.15, 0.2) is 0 Å². The highest BCUT2D eigenvalue weighted by molar-refractivity contribution is 5.75. The molecule has 14 heavy (non-hydrogen) atoms. The van der Waals surface area contributed by atoms with Gasteiger partial charge in [-0.1, -0.05) is 0 Å². The first kappa shape index (κ1) is 11.5. The first-order valence-electron chi connectivity index (χ1n) is 5.26. The number of nitrogens with zero attached hydrogens (tertiary/aromatic N) is 2. The van der Waals surface area contributed by atoms with Gasteiger partial charge in [0.1, 0.15) is 0 Å². The molecular weight excluding hydrogens is 178 g/mol. The number of ether oxygens (including phenoxy) is 1. The number of amidine groups is 1. The Morgan fingerprint density at radius 2 is 2.07 bits per heavy atom. The second kappa shape index (κ2) is 5.98. The minimum absolute atomic E-state index is 0.645. The van der Waals surface area contributed by atoms with Crippen molar-refractivity contribution < 1.29 is 4.74 Å². The average Bonchev–Trinajstić information content (AvgIpc) is 2.19. The quantitative estimate of drug-likeness (QED) is 0.533. The molecule has 4 nitrogen and oxygen atoms in total. The Labute approximate surface area is 86.3 Å². The number of hydrogen-bond donors (Lipinski definition) is 1. The first-order valence-corrected chi connectivity index (χ1v) is 5.26. The summed E-state index contributed by atoms with van der Waals surface area (Å²) in [7, 11) is 1.97. The average molecular weight is 199 g/mol. The van der Waals surface area contributed by atoms with Crippen molar-refractivity contribution in [2.45, 2.75) is 13.3 Å². The molecule has 0 aliphatic carbocycles. The molecule has 1 rings (SSSR count). The summed E-state index contributed by atoms with van der Waals surface area (Å²) in [6.45, 7) is 7.81. The van der Waals surface area contributed by atoms with Gasteiger partial charge in [0.2, 0.25) is 0 Å². The van der Waals surface area contributed by atoms with Crippen LogP contribution in [-0.4, -0.2) is 62.1 Å². The van der Waals surface area contributed by atoms with E-state index in [1.54, 1.807) is 0 Å². The highest BCUT2D eigenvalue weighted by Gasteiger charge is 2.09. The molecule has 0 atom stereocenters. The summed E-state index contributed by atoms with van der Waals surface area (Å²) in [5, 5.41) is 7.42. The molecule has 0 aromatic rings. The number of nitrogens with one attached hydrogen (secondary N) is 1. The predicted molar refractivity (Wildman–Crippen MR) is 57.9 cm³/mol. The van der Waals surface area contributed by atoms with E-state index in [1.807, 2.05) is 18.9 Å². The summed E-state index contributed by atoms with van der Waals surface area (Å²) in [4.78, 5) is 4.41. The Kier molecular flexibility index (Phi) is 4.90. The Balaban J connectivity index is 2.05. The van der Waals surface area contributed by atoms with Crippen LogP contribution in [0.25, 0.3) is 0 Å². The van der Waals surface area contributed by atoms with Crippen molar-refractivity contribution in [3.8, 4) is 0 Å². The molecule has 0 bridgehead atoms. The monoisotopic (exact) mass is 199 g/mol. The van der Waals surface area contributed by atoms with E-state index in [1.165, 1.54) is 0 Å². The van der Waals surface area contributed by atoms with Gasteiger partial charge in [-0.05, 0) is 13.3 Å². The fourth-order valence-corrected chi connectivity index (χ4v) is 1.52. The third kappa shape index (κ3) is 4.07. The van der Waals surface area contributed by atoms with E-state index in [9.17, 15) is 0 Å². The van der Waals surface area contributed by atoms with Crippen molar-refractivity contribution in [3.05, 3.63) is 0 Å². The van der Waals surface area contributed by atoms with Crippen LogP contribution in [0.1, 0.15) is 13.3 Å². The number of morpholine rings is 1. The molecule has 1 aliphatic heterocycles. The van der Waals surface area contributed by atoms with Crippen molar-refractivity contribution >= 4 is 5.84 Å². The van der Waals surface area contributed by atoms with Crippen molar-refractivity contribution in [2.24, 2.45) is 0 Å². The van der Waals surface area contributed by atoms with Gasteiger partial charge in [0.05, 0.1) is 19.0 Å². The molecular formula is C10H21N3O. The second-order valence-corrected chi connectivity index (χ2v) is 3.81. The van der Waals surface area contributed by atoms with Crippen LogP contribution in [-0.2, 0) is 4.74 Å². The van der Waals surface area contributed by atoms with Crippen molar-refractivity contribution in [2.75, 3.05) is 46.4 Å². The lowest BCUT2D eigenvalue weighted by atomic mass is 10.3. The highest BCUT2D eigenvalue weighted by Crippen LogP contribution is 1.98. The van der Waals surface area contributed by atoms with Gasteiger partial charge in [-0.25, -0.2) is 0 Å². The van der Waals surface area contributed by atoms with Crippen LogP contribution < -0.4 is 0 Å². The molecule has 4 heteroatoms. The minimum atomic E-state index is 0.645. The van der Waals surface area contributed by atoms with Gasteiger partial charge >= 0.3 is 0 Å². The van der Waals surface area contributed by atoms with Gasteiger partial charge in [0.15, 0.2) is 0 Å². The Hall–Kier alpha value is -0.610. The van der Waals surface area contributed by atoms with Crippen LogP contribution in [0.2, 0.25) is 0 Å². The normalized spacial score (nSPS) is 18.1. The highest BCUT2D eigenvalue weighted by atomic mass is 16.5. The zero-order valence-electron chi connectivity index (χ0n) is 9.25. The summed E-state index contributed by atoms with van der Waals surface area (Å²) in [6.07, 6.45) is 1.13. The van der Waals surface area contributed by atoms with Crippen LogP contribution in [0.4, 0.5) is 0 Å². The van der Waals surface area contributed by atoms with Gasteiger partial charge < -0.3 is 9.64 Å². The zero-order valence-corrected chi connectivity index (χ0v) is 9.25. The van der Waals surface area contributed by atoms with Crippen LogP contribution in [0, 0.1) is 5.41 Å². The molecule has 0 aromatic heterocycles. The molecule has 1 heterocycles. The summed E-state index contributed by atoms with van der Waals surface area (Å²) < 4.78 is 5.28. The van der Waals surface area contributed by atoms with Gasteiger partial charge in [0, 0.05) is 33.2 Å². The Bertz CT molecular complexity index is 178. The number of hydrogen-bond acceptors (Lipinski definition) is 3. The minimum Gasteiger partial charge on any atom is -0.379 e. The summed E-state index contributed by atoms with van der Waals surface area (Å²) in [5.74, 6) is 0.645. The van der Waals surface area contributed by atoms with Crippen LogP contribution in [0.5, 0.6) is 0 Å². The fourth-order valence-electron chi connectivity index (χ4n) is 1.52. The van der Waals surface area contributed by atoms with E-state index in [-0.39, 0.29) is 0 Å². The SMILES string of the molecule is CC(=N)N(C)CCCN1CCOCC1. The van der Waals surface area contributed by atoms with Gasteiger partial charge in [-0.15, -0.1) is 0 Å². The van der Waals surface area contributed by atoms with E-state index in [2.05, 4.69) is 4.90 Å². The molecule has 0 aromatic carbocycles. The summed E-state index contributed by atoms with van der Waals surface area (Å²) in [5.41, 5.74) is 0. The molecule has 0 unspecified atom stereocenters. The molecule has 0 radical (unpaired) electrons. The molecule has 1 saturated heterocycles. The fraction of sp³-hybridized carbons (Fsp3) is 0.900. The third-order valence-electron chi connectivity index (χ3n) is 2.64. The van der Waals surface area contributed by atoms with E-state index < -0.39 is 0 Å². The molecule has 0 saturated carbocycles. The van der Waals surface area contributed by atoms with Gasteiger partial charge in [-0.3, -0.25) is 10.3 Å². The van der Waals surface area contributed by atoms with Crippen molar-refractivity contribution in [3.63, 3.8) is 0 Å². The lowest BCUT2D eigenvalue weighted by Crippen LogP contribution is -2.38. The molecule has 0 amide bonds. The third-order valence-corrected chi connectivity index (χ3v) is 2.64. The van der Waals surface area contributed by atoms with Crippen molar-refractivity contribution in [1.82, 2.24) is 9.80 Å². The largest absolute Gasteiger partial charge is 0.379 e. The van der Waals surface area contributed by atoms with E-state index in [4.69, 9.17) is 10.1 Å². The van der Waals surface area contributed by atoms with E-state index in [0.717, 1.165) is 45.8 Å². The molecule has 1 aliphatic rings. The maximum Gasteiger partial charge on any atom is 0.0923 e. The van der Waals surface area contributed by atoms with Crippen molar-refractivity contribution in [1.29, 1.82) is 5.41 Å². The lowest BCUT2D eigenvalue weighted by Gasteiger charge is -2.27. The standard InChI is InChI=1S/C10H21N3O/c1-10(11)12(2)4-3-5-13-6-8-14-9-7-13/h11H,3-9H2,1-2H3. The smallest absolute Gasteiger partial charge is 0.0923 e. The predicted octanol–water partition coefficient (Wildman–Crippen LogP) is 0.638. The van der Waals surface area contributed by atoms with Gasteiger partial charge in [-0.2, -0.15) is 0 Å². The first-order chi connectivity index (χ1) is 6.70. The Morgan fingerprint density at radius 1 is 1.43 bits per heavy atom. The molecule has 1 fully saturated rings. The maximum atomic E-state index is 7.42. The lowest BCUT2D eigenvalue weighted by molar-refractivity contribution is 0.0369. The van der Waals surface area contributed by atoms with Crippen LogP contribution in [0.3, 0.4) is 0 Å². The van der Waals surface area contributed by atoms with Crippen LogP contribution >= 0.6 is 0 Å². The molecule has 0 spiro atoms. The Morgan fingerprint density at radius 3 is 2.64 bits per heavy atom. The zero-order chi connectivity index (χ0) is 10.4.